The van der Waals surface area contributed by atoms with Crippen molar-refractivity contribution in [3.8, 4) is 5.88 Å². The Balaban J connectivity index is 2.24. The van der Waals surface area contributed by atoms with Gasteiger partial charge in [0.05, 0.1) is 17.3 Å². The van der Waals surface area contributed by atoms with E-state index >= 15 is 0 Å². The standard InChI is InChI=1S/C15H17BrClN3O/c1-9(2)6-11-14(16)15(17)20-12(19-11)7-10-4-5-13(21-3)18-8-10/h4-5,8-9H,6-7H2,1-3H3. The van der Waals surface area contributed by atoms with Crippen LogP contribution in [0.25, 0.3) is 0 Å². The van der Waals surface area contributed by atoms with Crippen LogP contribution in [-0.2, 0) is 12.8 Å². The summed E-state index contributed by atoms with van der Waals surface area (Å²) in [7, 11) is 1.60. The van der Waals surface area contributed by atoms with Gasteiger partial charge in [0.25, 0.3) is 0 Å². The summed E-state index contributed by atoms with van der Waals surface area (Å²) in [5.74, 6) is 1.79. The molecule has 0 N–H and O–H groups in total. The van der Waals surface area contributed by atoms with Crippen LogP contribution in [0.5, 0.6) is 5.88 Å². The summed E-state index contributed by atoms with van der Waals surface area (Å²) in [4.78, 5) is 13.1. The quantitative estimate of drug-likeness (QED) is 0.744. The maximum atomic E-state index is 6.18. The summed E-state index contributed by atoms with van der Waals surface area (Å²) in [6, 6.07) is 3.78. The van der Waals surface area contributed by atoms with Gasteiger partial charge in [0, 0.05) is 18.7 Å². The van der Waals surface area contributed by atoms with E-state index in [9.17, 15) is 0 Å². The summed E-state index contributed by atoms with van der Waals surface area (Å²) in [5.41, 5.74) is 1.96. The van der Waals surface area contributed by atoms with Crippen molar-refractivity contribution in [1.29, 1.82) is 0 Å². The number of hydrogen-bond donors (Lipinski definition) is 0. The zero-order valence-electron chi connectivity index (χ0n) is 12.2. The van der Waals surface area contributed by atoms with Gasteiger partial charge in [-0.25, -0.2) is 15.0 Å². The van der Waals surface area contributed by atoms with E-state index in [1.807, 2.05) is 12.1 Å². The Bertz CT molecular complexity index is 617. The molecule has 0 aliphatic carbocycles. The molecule has 0 saturated carbocycles. The van der Waals surface area contributed by atoms with Crippen LogP contribution in [-0.4, -0.2) is 22.1 Å². The van der Waals surface area contributed by atoms with Crippen LogP contribution in [0.4, 0.5) is 0 Å². The van der Waals surface area contributed by atoms with Gasteiger partial charge in [-0.3, -0.25) is 0 Å². The molecule has 0 aliphatic rings. The molecule has 0 spiro atoms. The first-order chi connectivity index (χ1) is 9.99. The molecule has 2 aromatic heterocycles. The lowest BCUT2D eigenvalue weighted by Gasteiger charge is -2.10. The molecule has 21 heavy (non-hydrogen) atoms. The average Bonchev–Trinajstić information content (AvgIpc) is 2.44. The maximum Gasteiger partial charge on any atom is 0.212 e. The molecule has 0 saturated heterocycles. The molecule has 0 aromatic carbocycles. The first-order valence-electron chi connectivity index (χ1n) is 6.69. The third-order valence-corrected chi connectivity index (χ3v) is 4.23. The second kappa shape index (κ2) is 7.18. The van der Waals surface area contributed by atoms with Crippen LogP contribution in [0.1, 0.15) is 30.9 Å². The van der Waals surface area contributed by atoms with Gasteiger partial charge in [-0.2, -0.15) is 0 Å². The molecule has 112 valence electrons. The van der Waals surface area contributed by atoms with E-state index in [4.69, 9.17) is 16.3 Å². The van der Waals surface area contributed by atoms with Gasteiger partial charge < -0.3 is 4.74 Å². The Morgan fingerprint density at radius 2 is 2.05 bits per heavy atom. The topological polar surface area (TPSA) is 47.9 Å². The smallest absolute Gasteiger partial charge is 0.212 e. The molecule has 2 rings (SSSR count). The Morgan fingerprint density at radius 1 is 1.29 bits per heavy atom. The van der Waals surface area contributed by atoms with Gasteiger partial charge in [-0.15, -0.1) is 0 Å². The van der Waals surface area contributed by atoms with Crippen LogP contribution >= 0.6 is 27.5 Å². The molecule has 0 unspecified atom stereocenters. The highest BCUT2D eigenvalue weighted by molar-refractivity contribution is 9.10. The number of methoxy groups -OCH3 is 1. The Morgan fingerprint density at radius 3 is 2.62 bits per heavy atom. The minimum absolute atomic E-state index is 0.456. The van der Waals surface area contributed by atoms with Crippen LogP contribution < -0.4 is 4.74 Å². The van der Waals surface area contributed by atoms with Crippen molar-refractivity contribution in [3.05, 3.63) is 45.0 Å². The lowest BCUT2D eigenvalue weighted by molar-refractivity contribution is 0.397. The first-order valence-corrected chi connectivity index (χ1v) is 7.86. The van der Waals surface area contributed by atoms with Crippen LogP contribution in [0.2, 0.25) is 5.15 Å². The van der Waals surface area contributed by atoms with Gasteiger partial charge in [0.15, 0.2) is 0 Å². The van der Waals surface area contributed by atoms with Gasteiger partial charge in [0.2, 0.25) is 5.88 Å². The largest absolute Gasteiger partial charge is 0.481 e. The number of halogens is 2. The first kappa shape index (κ1) is 16.2. The molecule has 0 radical (unpaired) electrons. The zero-order valence-corrected chi connectivity index (χ0v) is 14.6. The average molecular weight is 371 g/mol. The zero-order chi connectivity index (χ0) is 15.4. The predicted molar refractivity (Wildman–Crippen MR) is 86.9 cm³/mol. The van der Waals surface area contributed by atoms with E-state index in [0.29, 0.717) is 29.2 Å². The van der Waals surface area contributed by atoms with Crippen molar-refractivity contribution < 1.29 is 4.74 Å². The predicted octanol–water partition coefficient (Wildman–Crippen LogP) is 4.09. The minimum atomic E-state index is 0.456. The Kier molecular flexibility index (Phi) is 5.53. The van der Waals surface area contributed by atoms with E-state index in [0.717, 1.165) is 22.2 Å². The van der Waals surface area contributed by atoms with Gasteiger partial charge >= 0.3 is 0 Å². The fourth-order valence-electron chi connectivity index (χ4n) is 1.93. The molecule has 0 atom stereocenters. The normalized spacial score (nSPS) is 11.0. The molecular weight excluding hydrogens is 354 g/mol. The van der Waals surface area contributed by atoms with Crippen LogP contribution in [0.3, 0.4) is 0 Å². The highest BCUT2D eigenvalue weighted by Crippen LogP contribution is 2.26. The number of nitrogens with zero attached hydrogens (tertiary/aromatic N) is 3. The monoisotopic (exact) mass is 369 g/mol. The molecule has 2 aromatic rings. The number of hydrogen-bond acceptors (Lipinski definition) is 4. The molecule has 0 fully saturated rings. The number of pyridine rings is 1. The van der Waals surface area contributed by atoms with E-state index in [-0.39, 0.29) is 0 Å². The molecule has 2 heterocycles. The lowest BCUT2D eigenvalue weighted by atomic mass is 10.1. The second-order valence-corrected chi connectivity index (χ2v) is 6.33. The summed E-state index contributed by atoms with van der Waals surface area (Å²) in [6.07, 6.45) is 3.21. The van der Waals surface area contributed by atoms with Crippen molar-refractivity contribution >= 4 is 27.5 Å². The Hall–Kier alpha value is -1.20. The molecule has 4 nitrogen and oxygen atoms in total. The van der Waals surface area contributed by atoms with Crippen molar-refractivity contribution in [2.75, 3.05) is 7.11 Å². The molecule has 6 heteroatoms. The SMILES string of the molecule is COc1ccc(Cc2nc(Cl)c(Br)c(CC(C)C)n2)cn1. The summed E-state index contributed by atoms with van der Waals surface area (Å²) in [6.45, 7) is 4.30. The van der Waals surface area contributed by atoms with E-state index in [1.165, 1.54) is 0 Å². The molecular formula is C15H17BrClN3O. The highest BCUT2D eigenvalue weighted by Gasteiger charge is 2.12. The van der Waals surface area contributed by atoms with Crippen LogP contribution in [0.15, 0.2) is 22.8 Å². The van der Waals surface area contributed by atoms with Crippen molar-refractivity contribution in [2.45, 2.75) is 26.7 Å². The molecule has 0 amide bonds. The van der Waals surface area contributed by atoms with E-state index < -0.39 is 0 Å². The number of rotatable bonds is 5. The van der Waals surface area contributed by atoms with Gasteiger partial charge in [0.1, 0.15) is 11.0 Å². The minimum Gasteiger partial charge on any atom is -0.481 e. The van der Waals surface area contributed by atoms with Gasteiger partial charge in [-0.05, 0) is 33.8 Å². The maximum absolute atomic E-state index is 6.18. The summed E-state index contributed by atoms with van der Waals surface area (Å²) >= 11 is 9.64. The summed E-state index contributed by atoms with van der Waals surface area (Å²) < 4.78 is 5.83. The van der Waals surface area contributed by atoms with Crippen molar-refractivity contribution in [1.82, 2.24) is 15.0 Å². The Labute approximate surface area is 138 Å². The van der Waals surface area contributed by atoms with E-state index in [1.54, 1.807) is 13.3 Å². The fraction of sp³-hybridized carbons (Fsp3) is 0.400. The second-order valence-electron chi connectivity index (χ2n) is 5.17. The van der Waals surface area contributed by atoms with Gasteiger partial charge in [-0.1, -0.05) is 31.5 Å². The van der Waals surface area contributed by atoms with E-state index in [2.05, 4.69) is 44.7 Å². The van der Waals surface area contributed by atoms with Crippen LogP contribution in [0, 0.1) is 5.92 Å². The van der Waals surface area contributed by atoms with Crippen molar-refractivity contribution in [2.24, 2.45) is 5.92 Å². The number of aromatic nitrogens is 3. The molecule has 0 aliphatic heterocycles. The summed E-state index contributed by atoms with van der Waals surface area (Å²) in [5, 5.41) is 0.456. The number of ether oxygens (including phenoxy) is 1. The molecule has 0 bridgehead atoms. The third kappa shape index (κ3) is 4.38. The fourth-order valence-corrected chi connectivity index (χ4v) is 2.48. The third-order valence-electron chi connectivity index (χ3n) is 2.90. The highest BCUT2D eigenvalue weighted by atomic mass is 79.9. The van der Waals surface area contributed by atoms with Crippen molar-refractivity contribution in [3.63, 3.8) is 0 Å². The lowest BCUT2D eigenvalue weighted by Crippen LogP contribution is -2.06.